The quantitative estimate of drug-likeness (QED) is 0.364. The lowest BCUT2D eigenvalue weighted by Crippen LogP contribution is -2.53. The predicted octanol–water partition coefficient (Wildman–Crippen LogP) is 4.13. The fourth-order valence-electron chi connectivity index (χ4n) is 3.92. The second-order valence-electron chi connectivity index (χ2n) is 8.50. The molecule has 0 saturated carbocycles. The van der Waals surface area contributed by atoms with Gasteiger partial charge in [0, 0.05) is 24.0 Å². The molecule has 0 aliphatic carbocycles. The van der Waals surface area contributed by atoms with Crippen molar-refractivity contribution in [3.8, 4) is 0 Å². The Morgan fingerprint density at radius 1 is 0.973 bits per heavy atom. The van der Waals surface area contributed by atoms with Crippen LogP contribution in [-0.4, -0.2) is 50.5 Å². The second-order valence-corrected chi connectivity index (χ2v) is 11.3. The first-order valence-electron chi connectivity index (χ1n) is 11.7. The van der Waals surface area contributed by atoms with Crippen LogP contribution in [0.3, 0.4) is 0 Å². The molecule has 1 N–H and O–H groups in total. The molecule has 37 heavy (non-hydrogen) atoms. The van der Waals surface area contributed by atoms with Crippen LogP contribution in [0.25, 0.3) is 0 Å². The zero-order chi connectivity index (χ0) is 27.0. The van der Waals surface area contributed by atoms with Crippen molar-refractivity contribution in [3.05, 3.63) is 100 Å². The monoisotopic (exact) mass is 589 g/mol. The van der Waals surface area contributed by atoms with Crippen LogP contribution >= 0.6 is 15.9 Å². The number of amides is 2. The summed E-state index contributed by atoms with van der Waals surface area (Å²) in [4.78, 5) is 28.5. The minimum absolute atomic E-state index is 0.0240. The second kappa shape index (κ2) is 12.8. The Kier molecular flexibility index (Phi) is 9.82. The van der Waals surface area contributed by atoms with Crippen molar-refractivity contribution >= 4 is 43.5 Å². The third-order valence-corrected chi connectivity index (χ3v) is 7.27. The van der Waals surface area contributed by atoms with Crippen molar-refractivity contribution in [2.75, 3.05) is 23.7 Å². The third-order valence-electron chi connectivity index (χ3n) is 5.64. The molecule has 0 radical (unpaired) electrons. The van der Waals surface area contributed by atoms with Gasteiger partial charge >= 0.3 is 0 Å². The topological polar surface area (TPSA) is 86.8 Å². The predicted molar refractivity (Wildman–Crippen MR) is 146 cm³/mol. The summed E-state index contributed by atoms with van der Waals surface area (Å²) in [5.41, 5.74) is 1.62. The molecule has 196 valence electrons. The van der Waals surface area contributed by atoms with Gasteiger partial charge in [0.1, 0.15) is 18.4 Å². The highest BCUT2D eigenvalue weighted by molar-refractivity contribution is 9.10. The number of rotatable bonds is 11. The van der Waals surface area contributed by atoms with Crippen molar-refractivity contribution in [1.29, 1.82) is 0 Å². The minimum atomic E-state index is -3.95. The standard InChI is InChI=1S/C27H29BrFN3O4S/c1-3-30-27(34)25(16-20-9-5-4-6-10-20)31(18-21-11-7-12-22(28)15-21)26(33)19-32(37(2,35)36)24-14-8-13-23(29)17-24/h4-15,17,25H,3,16,18-19H2,1-2H3,(H,30,34). The minimum Gasteiger partial charge on any atom is -0.355 e. The Morgan fingerprint density at radius 3 is 2.27 bits per heavy atom. The SMILES string of the molecule is CCNC(=O)C(Cc1ccccc1)N(Cc1cccc(Br)c1)C(=O)CN(c1cccc(F)c1)S(C)(=O)=O. The Hall–Kier alpha value is -3.24. The average Bonchev–Trinajstić information content (AvgIpc) is 2.84. The van der Waals surface area contributed by atoms with Crippen LogP contribution < -0.4 is 9.62 Å². The number of hydrogen-bond donors (Lipinski definition) is 1. The summed E-state index contributed by atoms with van der Waals surface area (Å²) in [7, 11) is -3.95. The van der Waals surface area contributed by atoms with Gasteiger partial charge in [0.25, 0.3) is 0 Å². The Morgan fingerprint density at radius 2 is 1.65 bits per heavy atom. The van der Waals surface area contributed by atoms with Crippen LogP contribution in [0.15, 0.2) is 83.3 Å². The van der Waals surface area contributed by atoms with Gasteiger partial charge in [-0.25, -0.2) is 12.8 Å². The molecule has 0 aliphatic heterocycles. The highest BCUT2D eigenvalue weighted by atomic mass is 79.9. The molecule has 3 aromatic rings. The van der Waals surface area contributed by atoms with Gasteiger partial charge in [-0.3, -0.25) is 13.9 Å². The lowest BCUT2D eigenvalue weighted by molar-refractivity contribution is -0.140. The van der Waals surface area contributed by atoms with Crippen LogP contribution in [0.4, 0.5) is 10.1 Å². The number of anilines is 1. The van der Waals surface area contributed by atoms with Gasteiger partial charge in [-0.05, 0) is 48.4 Å². The van der Waals surface area contributed by atoms with Crippen molar-refractivity contribution in [3.63, 3.8) is 0 Å². The smallest absolute Gasteiger partial charge is 0.244 e. The fraction of sp³-hybridized carbons (Fsp3) is 0.259. The number of carbonyl (C=O) groups excluding carboxylic acids is 2. The lowest BCUT2D eigenvalue weighted by atomic mass is 10.0. The van der Waals surface area contributed by atoms with Crippen molar-refractivity contribution in [2.24, 2.45) is 0 Å². The van der Waals surface area contributed by atoms with E-state index in [0.717, 1.165) is 32.2 Å². The highest BCUT2D eigenvalue weighted by Gasteiger charge is 2.32. The van der Waals surface area contributed by atoms with E-state index in [1.165, 1.54) is 23.1 Å². The van der Waals surface area contributed by atoms with Gasteiger partial charge < -0.3 is 10.2 Å². The van der Waals surface area contributed by atoms with Crippen molar-refractivity contribution in [2.45, 2.75) is 25.9 Å². The molecule has 7 nitrogen and oxygen atoms in total. The van der Waals surface area contributed by atoms with Gasteiger partial charge in [-0.2, -0.15) is 0 Å². The van der Waals surface area contributed by atoms with Gasteiger partial charge in [-0.1, -0.05) is 64.5 Å². The van der Waals surface area contributed by atoms with Crippen molar-refractivity contribution in [1.82, 2.24) is 10.2 Å². The molecule has 10 heteroatoms. The number of sulfonamides is 1. The van der Waals surface area contributed by atoms with E-state index in [-0.39, 0.29) is 24.6 Å². The molecule has 0 aliphatic rings. The molecule has 0 aromatic heterocycles. The van der Waals surface area contributed by atoms with E-state index >= 15 is 0 Å². The average molecular weight is 591 g/mol. The van der Waals surface area contributed by atoms with Gasteiger partial charge in [0.05, 0.1) is 11.9 Å². The number of carbonyl (C=O) groups is 2. The zero-order valence-electron chi connectivity index (χ0n) is 20.6. The van der Waals surface area contributed by atoms with Crippen molar-refractivity contribution < 1.29 is 22.4 Å². The molecule has 0 spiro atoms. The summed E-state index contributed by atoms with van der Waals surface area (Å²) in [5.74, 6) is -1.58. The number of nitrogens with one attached hydrogen (secondary N) is 1. The molecular formula is C27H29BrFN3O4S. The van der Waals surface area contributed by atoms with Crippen LogP contribution in [0.5, 0.6) is 0 Å². The first kappa shape index (κ1) is 28.3. The maximum absolute atomic E-state index is 13.9. The van der Waals surface area contributed by atoms with E-state index in [0.29, 0.717) is 6.54 Å². The molecule has 0 fully saturated rings. The highest BCUT2D eigenvalue weighted by Crippen LogP contribution is 2.22. The van der Waals surface area contributed by atoms with E-state index in [9.17, 15) is 22.4 Å². The Bertz CT molecular complexity index is 1340. The Balaban J connectivity index is 2.04. The summed E-state index contributed by atoms with van der Waals surface area (Å²) < 4.78 is 40.9. The summed E-state index contributed by atoms with van der Waals surface area (Å²) >= 11 is 3.43. The van der Waals surface area contributed by atoms with Gasteiger partial charge in [-0.15, -0.1) is 0 Å². The maximum atomic E-state index is 13.9. The largest absolute Gasteiger partial charge is 0.355 e. The summed E-state index contributed by atoms with van der Waals surface area (Å²) in [6.07, 6.45) is 1.18. The first-order valence-corrected chi connectivity index (χ1v) is 14.3. The molecule has 1 unspecified atom stereocenters. The molecule has 3 aromatic carbocycles. The normalized spacial score (nSPS) is 12.0. The summed E-state index contributed by atoms with van der Waals surface area (Å²) in [5, 5.41) is 2.80. The van der Waals surface area contributed by atoms with E-state index in [1.54, 1.807) is 6.92 Å². The van der Waals surface area contributed by atoms with E-state index in [4.69, 9.17) is 0 Å². The molecule has 0 saturated heterocycles. The van der Waals surface area contributed by atoms with Gasteiger partial charge in [0.2, 0.25) is 21.8 Å². The number of benzene rings is 3. The fourth-order valence-corrected chi connectivity index (χ4v) is 5.21. The number of halogens is 2. The first-order chi connectivity index (χ1) is 17.6. The third kappa shape index (κ3) is 8.13. The molecule has 2 amide bonds. The number of nitrogens with zero attached hydrogens (tertiary/aromatic N) is 2. The van der Waals surface area contributed by atoms with Crippen LogP contribution in [-0.2, 0) is 32.6 Å². The zero-order valence-corrected chi connectivity index (χ0v) is 23.0. The summed E-state index contributed by atoms with van der Waals surface area (Å²) in [6, 6.07) is 20.7. The lowest BCUT2D eigenvalue weighted by Gasteiger charge is -2.33. The molecule has 0 bridgehead atoms. The number of likely N-dealkylation sites (N-methyl/N-ethyl adjacent to an activating group) is 1. The van der Waals surface area contributed by atoms with E-state index in [2.05, 4.69) is 21.2 Å². The van der Waals surface area contributed by atoms with E-state index in [1.807, 2.05) is 54.6 Å². The molecular weight excluding hydrogens is 561 g/mol. The molecule has 0 heterocycles. The number of hydrogen-bond acceptors (Lipinski definition) is 4. The molecule has 1 atom stereocenters. The Labute approximate surface area is 225 Å². The maximum Gasteiger partial charge on any atom is 0.244 e. The van der Waals surface area contributed by atoms with Crippen LogP contribution in [0.1, 0.15) is 18.1 Å². The molecule has 3 rings (SSSR count). The van der Waals surface area contributed by atoms with Crippen LogP contribution in [0.2, 0.25) is 0 Å². The van der Waals surface area contributed by atoms with E-state index < -0.39 is 34.3 Å². The van der Waals surface area contributed by atoms with Gasteiger partial charge in [0.15, 0.2) is 0 Å². The van der Waals surface area contributed by atoms with Crippen LogP contribution in [0, 0.1) is 5.82 Å². The summed E-state index contributed by atoms with van der Waals surface area (Å²) in [6.45, 7) is 1.61.